The molecule has 0 spiro atoms. The number of carboxylic acid groups (broad SMARTS) is 1. The molecule has 160 valence electrons. The highest BCUT2D eigenvalue weighted by molar-refractivity contribution is 5.89. The van der Waals surface area contributed by atoms with E-state index in [1.807, 2.05) is 12.1 Å². The molecule has 0 radical (unpaired) electrons. The lowest BCUT2D eigenvalue weighted by atomic mass is 9.48. The monoisotopic (exact) mass is 417 g/mol. The molecule has 1 unspecified atom stereocenters. The minimum Gasteiger partial charge on any atom is -0.508 e. The minimum absolute atomic E-state index is 0.0278. The van der Waals surface area contributed by atoms with Crippen LogP contribution in [0.1, 0.15) is 78.4 Å². The second-order valence-electron chi connectivity index (χ2n) is 10.3. The number of allylic oxidation sites excluding steroid dienone is 1. The van der Waals surface area contributed by atoms with Crippen LogP contribution in [0, 0.1) is 17.8 Å². The van der Waals surface area contributed by atoms with Crippen LogP contribution in [0.25, 0.3) is 6.08 Å². The number of phenols is 2. The van der Waals surface area contributed by atoms with Crippen molar-refractivity contribution in [3.8, 4) is 11.5 Å². The predicted octanol–water partition coefficient (Wildman–Crippen LogP) is 5.62. The molecule has 0 saturated heterocycles. The minimum atomic E-state index is -1.09. The van der Waals surface area contributed by atoms with Gasteiger partial charge in [0.05, 0.1) is 5.56 Å². The summed E-state index contributed by atoms with van der Waals surface area (Å²) in [7, 11) is 0. The molecule has 0 aromatic heterocycles. The van der Waals surface area contributed by atoms with Crippen LogP contribution in [0.5, 0.6) is 11.5 Å². The molecule has 4 heteroatoms. The Balaban J connectivity index is 1.39. The molecule has 0 amide bonds. The third kappa shape index (κ3) is 2.99. The van der Waals surface area contributed by atoms with Crippen molar-refractivity contribution in [2.45, 2.75) is 56.3 Å². The van der Waals surface area contributed by atoms with Gasteiger partial charge in [0.15, 0.2) is 0 Å². The standard InChI is InChI=1S/C27H28O4/c28-24-4-3-19(10-23(24)27-12-15-5-16(13-27)7-17(6-15)14-27)18-1-2-20-8-21(26(30)31)11-25(29)22(20)9-18/h1-4,8,10-11,15-18,28-29H,5-7,9,12-14H2,(H,30,31)/i18D. The van der Waals surface area contributed by atoms with Crippen LogP contribution >= 0.6 is 0 Å². The number of rotatable bonds is 3. The summed E-state index contributed by atoms with van der Waals surface area (Å²) in [5.41, 5.74) is 3.12. The number of fused-ring (bicyclic) bond motifs is 1. The Morgan fingerprint density at radius 1 is 0.968 bits per heavy atom. The summed E-state index contributed by atoms with van der Waals surface area (Å²) in [6, 6.07) is 8.43. The van der Waals surface area contributed by atoms with E-state index in [0.29, 0.717) is 16.9 Å². The number of carboxylic acids is 1. The fourth-order valence-corrected chi connectivity index (χ4v) is 7.38. The second kappa shape index (κ2) is 6.62. The molecular weight excluding hydrogens is 388 g/mol. The molecule has 5 aliphatic rings. The van der Waals surface area contributed by atoms with Gasteiger partial charge in [-0.25, -0.2) is 4.79 Å². The number of aromatic hydroxyl groups is 2. The summed E-state index contributed by atoms with van der Waals surface area (Å²) < 4.78 is 9.24. The first kappa shape index (κ1) is 17.9. The number of benzene rings is 2. The molecule has 1 atom stereocenters. The average molecular weight is 418 g/mol. The van der Waals surface area contributed by atoms with Gasteiger partial charge in [-0.15, -0.1) is 0 Å². The third-order valence-corrected chi connectivity index (χ3v) is 8.32. The number of carbonyl (C=O) groups is 1. The molecule has 2 aromatic rings. The summed E-state index contributed by atoms with van der Waals surface area (Å²) >= 11 is 0. The zero-order valence-corrected chi connectivity index (χ0v) is 17.5. The van der Waals surface area contributed by atoms with Crippen molar-refractivity contribution < 1.29 is 21.5 Å². The van der Waals surface area contributed by atoms with Crippen LogP contribution in [-0.2, 0) is 11.8 Å². The summed E-state index contributed by atoms with van der Waals surface area (Å²) in [5.74, 6) is 0.371. The quantitative estimate of drug-likeness (QED) is 0.606. The van der Waals surface area contributed by atoms with E-state index < -0.39 is 11.9 Å². The van der Waals surface area contributed by atoms with E-state index in [1.165, 1.54) is 25.3 Å². The lowest BCUT2D eigenvalue weighted by Gasteiger charge is -2.57. The van der Waals surface area contributed by atoms with Crippen LogP contribution in [0.4, 0.5) is 0 Å². The van der Waals surface area contributed by atoms with Gasteiger partial charge in [0.2, 0.25) is 0 Å². The van der Waals surface area contributed by atoms with E-state index in [0.717, 1.165) is 48.1 Å². The largest absolute Gasteiger partial charge is 0.508 e. The molecule has 3 N–H and O–H groups in total. The molecule has 4 bridgehead atoms. The van der Waals surface area contributed by atoms with Crippen molar-refractivity contribution in [1.29, 1.82) is 0 Å². The average Bonchev–Trinajstić information content (AvgIpc) is 2.73. The number of hydrogen-bond donors (Lipinski definition) is 3. The van der Waals surface area contributed by atoms with Gasteiger partial charge in [0.25, 0.3) is 0 Å². The van der Waals surface area contributed by atoms with E-state index in [2.05, 4.69) is 0 Å². The highest BCUT2D eigenvalue weighted by Crippen LogP contribution is 2.62. The van der Waals surface area contributed by atoms with Gasteiger partial charge in [-0.1, -0.05) is 24.3 Å². The summed E-state index contributed by atoms with van der Waals surface area (Å²) in [6.07, 6.45) is 11.2. The lowest BCUT2D eigenvalue weighted by molar-refractivity contribution is -0.00617. The normalized spacial score (nSPS) is 35.6. The topological polar surface area (TPSA) is 77.8 Å². The van der Waals surface area contributed by atoms with E-state index in [9.17, 15) is 21.5 Å². The van der Waals surface area contributed by atoms with Crippen LogP contribution in [0.15, 0.2) is 36.4 Å². The molecule has 0 aliphatic heterocycles. The maximum atomic E-state index is 11.3. The fourth-order valence-electron chi connectivity index (χ4n) is 7.38. The van der Waals surface area contributed by atoms with Gasteiger partial charge in [-0.2, -0.15) is 0 Å². The highest BCUT2D eigenvalue weighted by Gasteiger charge is 2.52. The number of aromatic carboxylic acids is 1. The van der Waals surface area contributed by atoms with Crippen LogP contribution in [0.3, 0.4) is 0 Å². The Bertz CT molecular complexity index is 1130. The van der Waals surface area contributed by atoms with Crippen molar-refractivity contribution in [3.63, 3.8) is 0 Å². The van der Waals surface area contributed by atoms with E-state index in [4.69, 9.17) is 0 Å². The molecule has 4 fully saturated rings. The van der Waals surface area contributed by atoms with Crippen LogP contribution in [0.2, 0.25) is 0 Å². The Labute approximate surface area is 183 Å². The molecule has 2 aromatic carbocycles. The van der Waals surface area contributed by atoms with Crippen LogP contribution < -0.4 is 0 Å². The zero-order chi connectivity index (χ0) is 22.3. The Morgan fingerprint density at radius 3 is 2.29 bits per heavy atom. The third-order valence-electron chi connectivity index (χ3n) is 8.32. The molecule has 5 aliphatic carbocycles. The van der Waals surface area contributed by atoms with Crippen molar-refractivity contribution in [2.24, 2.45) is 17.8 Å². The van der Waals surface area contributed by atoms with E-state index in [-0.39, 0.29) is 23.1 Å². The van der Waals surface area contributed by atoms with E-state index >= 15 is 0 Å². The molecular formula is C27H28O4. The highest BCUT2D eigenvalue weighted by atomic mass is 16.4. The molecule has 31 heavy (non-hydrogen) atoms. The lowest BCUT2D eigenvalue weighted by Crippen LogP contribution is -2.48. The first-order valence-corrected chi connectivity index (χ1v) is 11.4. The second-order valence-corrected chi connectivity index (χ2v) is 10.3. The molecule has 4 nitrogen and oxygen atoms in total. The Kier molecular flexibility index (Phi) is 3.82. The van der Waals surface area contributed by atoms with Gasteiger partial charge < -0.3 is 15.3 Å². The van der Waals surface area contributed by atoms with Gasteiger partial charge >= 0.3 is 5.97 Å². The maximum Gasteiger partial charge on any atom is 0.335 e. The van der Waals surface area contributed by atoms with Crippen molar-refractivity contribution in [1.82, 2.24) is 0 Å². The van der Waals surface area contributed by atoms with Gasteiger partial charge in [-0.05, 0) is 97.4 Å². The summed E-state index contributed by atoms with van der Waals surface area (Å²) in [6.45, 7) is 0. The fraction of sp³-hybridized carbons (Fsp3) is 0.444. The van der Waals surface area contributed by atoms with Gasteiger partial charge in [-0.3, -0.25) is 0 Å². The zero-order valence-electron chi connectivity index (χ0n) is 18.5. The van der Waals surface area contributed by atoms with Gasteiger partial charge in [0.1, 0.15) is 11.5 Å². The smallest absolute Gasteiger partial charge is 0.335 e. The Morgan fingerprint density at radius 2 is 1.65 bits per heavy atom. The summed E-state index contributed by atoms with van der Waals surface area (Å²) in [5, 5.41) is 30.7. The molecule has 7 rings (SSSR count). The first-order valence-electron chi connectivity index (χ1n) is 11.9. The molecule has 4 saturated carbocycles. The van der Waals surface area contributed by atoms with E-state index in [1.54, 1.807) is 24.3 Å². The maximum absolute atomic E-state index is 11.3. The molecule has 0 heterocycles. The SMILES string of the molecule is [2H]C1(c2ccc(O)c(C34CC5CC(CC(C5)C3)C4)c2)C=Cc2cc(C(=O)O)cc(O)c2C1. The van der Waals surface area contributed by atoms with Crippen LogP contribution in [-0.4, -0.2) is 21.3 Å². The predicted molar refractivity (Wildman–Crippen MR) is 119 cm³/mol. The van der Waals surface area contributed by atoms with Gasteiger partial charge in [0, 0.05) is 18.4 Å². The Hall–Kier alpha value is -2.75. The first-order chi connectivity index (χ1) is 15.2. The van der Waals surface area contributed by atoms with Crippen molar-refractivity contribution in [2.75, 3.05) is 0 Å². The van der Waals surface area contributed by atoms with Crippen molar-refractivity contribution >= 4 is 12.0 Å². The number of phenolic OH excluding ortho intramolecular Hbond substituents is 2. The number of hydrogen-bond acceptors (Lipinski definition) is 3. The summed E-state index contributed by atoms with van der Waals surface area (Å²) in [4.78, 5) is 11.3. The van der Waals surface area contributed by atoms with Crippen molar-refractivity contribution in [3.05, 3.63) is 64.2 Å².